The largest absolute Gasteiger partial charge is 0.463 e. The van der Waals surface area contributed by atoms with E-state index in [0.717, 1.165) is 0 Å². The average molecular weight is 258 g/mol. The van der Waals surface area contributed by atoms with Crippen molar-refractivity contribution >= 4 is 18.7 Å². The van der Waals surface area contributed by atoms with E-state index < -0.39 is 0 Å². The van der Waals surface area contributed by atoms with Crippen LogP contribution in [0.2, 0.25) is 0 Å². The van der Waals surface area contributed by atoms with Gasteiger partial charge in [0.25, 0.3) is 0 Å². The molecule has 0 unspecified atom stereocenters. The first-order chi connectivity index (χ1) is 8.36. The molecule has 0 aromatic carbocycles. The molecule has 0 radical (unpaired) electrons. The number of carbonyl (C=O) groups excluding carboxylic acids is 3. The molecule has 0 amide bonds. The molecule has 0 aliphatic heterocycles. The lowest BCUT2D eigenvalue weighted by Gasteiger charge is -1.96. The maximum absolute atomic E-state index is 10.4. The zero-order valence-electron chi connectivity index (χ0n) is 11.6. The van der Waals surface area contributed by atoms with E-state index >= 15 is 0 Å². The lowest BCUT2D eigenvalue weighted by Crippen LogP contribution is -2.03. The van der Waals surface area contributed by atoms with E-state index in [9.17, 15) is 9.59 Å². The summed E-state index contributed by atoms with van der Waals surface area (Å²) in [4.78, 5) is 28.8. The van der Waals surface area contributed by atoms with Crippen LogP contribution in [-0.2, 0) is 23.9 Å². The minimum Gasteiger partial charge on any atom is -0.463 e. The lowest BCUT2D eigenvalue weighted by molar-refractivity contribution is -0.139. The summed E-state index contributed by atoms with van der Waals surface area (Å²) in [7, 11) is 0. The summed E-state index contributed by atoms with van der Waals surface area (Å²) in [5, 5.41) is 0. The molecule has 0 aliphatic carbocycles. The van der Waals surface area contributed by atoms with Crippen LogP contribution in [0.4, 0.5) is 0 Å². The minimum atomic E-state index is -0.312. The van der Waals surface area contributed by atoms with Gasteiger partial charge in [0.05, 0.1) is 13.2 Å². The molecule has 18 heavy (non-hydrogen) atoms. The lowest BCUT2D eigenvalue weighted by atomic mass is 10.4. The highest BCUT2D eigenvalue weighted by Crippen LogP contribution is 1.90. The molecule has 0 atom stereocenters. The van der Waals surface area contributed by atoms with E-state index in [-0.39, 0.29) is 11.9 Å². The Morgan fingerprint density at radius 2 is 1.06 bits per heavy atom. The van der Waals surface area contributed by atoms with Crippen molar-refractivity contribution in [3.8, 4) is 0 Å². The van der Waals surface area contributed by atoms with Gasteiger partial charge < -0.3 is 14.3 Å². The highest BCUT2D eigenvalue weighted by molar-refractivity contribution is 5.87. The van der Waals surface area contributed by atoms with E-state index in [1.807, 2.05) is 6.79 Å². The first kappa shape index (κ1) is 21.4. The zero-order valence-corrected chi connectivity index (χ0v) is 11.6. The third-order valence-electron chi connectivity index (χ3n) is 1.25. The Bertz CT molecular complexity index is 253. The summed E-state index contributed by atoms with van der Waals surface area (Å²) in [5.74, 6) is -0.625. The van der Waals surface area contributed by atoms with Gasteiger partial charge in [-0.15, -0.1) is 0 Å². The second-order valence-electron chi connectivity index (χ2n) is 3.00. The predicted octanol–water partition coefficient (Wildman–Crippen LogP) is 2.07. The van der Waals surface area contributed by atoms with Crippen molar-refractivity contribution in [3.05, 3.63) is 24.3 Å². The maximum atomic E-state index is 10.4. The quantitative estimate of drug-likeness (QED) is 0.570. The molecule has 0 aromatic rings. The molecular weight excluding hydrogens is 236 g/mol. The predicted molar refractivity (Wildman–Crippen MR) is 70.0 cm³/mol. The summed E-state index contributed by atoms with van der Waals surface area (Å²) in [5.41, 5.74) is 0.902. The van der Waals surface area contributed by atoms with Crippen LogP contribution in [-0.4, -0.2) is 31.9 Å². The van der Waals surface area contributed by atoms with Gasteiger partial charge in [-0.3, -0.25) is 0 Å². The van der Waals surface area contributed by atoms with Crippen LogP contribution in [0, 0.1) is 0 Å². The van der Waals surface area contributed by atoms with Crippen molar-refractivity contribution in [2.24, 2.45) is 0 Å². The topological polar surface area (TPSA) is 69.7 Å². The Morgan fingerprint density at radius 1 is 0.833 bits per heavy atom. The number of esters is 2. The molecule has 0 bridgehead atoms. The molecule has 0 aliphatic rings. The second-order valence-corrected chi connectivity index (χ2v) is 3.00. The summed E-state index contributed by atoms with van der Waals surface area (Å²) in [6.07, 6.45) is 0. The van der Waals surface area contributed by atoms with Gasteiger partial charge in [0.2, 0.25) is 0 Å². The van der Waals surface area contributed by atoms with Crippen molar-refractivity contribution in [3.63, 3.8) is 0 Å². The summed E-state index contributed by atoms with van der Waals surface area (Å²) >= 11 is 0. The smallest absolute Gasteiger partial charge is 0.333 e. The van der Waals surface area contributed by atoms with Crippen LogP contribution < -0.4 is 0 Å². The molecule has 0 fully saturated rings. The zero-order chi connectivity index (χ0) is 15.1. The average Bonchev–Trinajstić information content (AvgIpc) is 2.33. The molecule has 0 saturated carbocycles. The maximum Gasteiger partial charge on any atom is 0.333 e. The van der Waals surface area contributed by atoms with Crippen molar-refractivity contribution in [2.45, 2.75) is 27.7 Å². The standard InChI is InChI=1S/2C6H10O2.CH2O/c2*1-4-8-6(7)5(2)3;1-2/h2*2,4H2,1,3H3;1H2. The number of ether oxygens (including phenoxy) is 2. The molecular formula is C13H22O5. The van der Waals surface area contributed by atoms with E-state index in [4.69, 9.17) is 4.79 Å². The van der Waals surface area contributed by atoms with Gasteiger partial charge in [-0.2, -0.15) is 0 Å². The normalized spacial score (nSPS) is 7.56. The van der Waals surface area contributed by atoms with Crippen LogP contribution in [0.15, 0.2) is 24.3 Å². The molecule has 0 spiro atoms. The Morgan fingerprint density at radius 3 is 1.11 bits per heavy atom. The number of rotatable bonds is 4. The van der Waals surface area contributed by atoms with Gasteiger partial charge in [-0.25, -0.2) is 9.59 Å². The van der Waals surface area contributed by atoms with Gasteiger partial charge in [-0.05, 0) is 27.7 Å². The Kier molecular flexibility index (Phi) is 17.9. The molecule has 5 heteroatoms. The molecule has 5 nitrogen and oxygen atoms in total. The monoisotopic (exact) mass is 258 g/mol. The van der Waals surface area contributed by atoms with Crippen molar-refractivity contribution in [1.29, 1.82) is 0 Å². The van der Waals surface area contributed by atoms with Gasteiger partial charge in [0.15, 0.2) is 0 Å². The van der Waals surface area contributed by atoms with Gasteiger partial charge in [-0.1, -0.05) is 13.2 Å². The van der Waals surface area contributed by atoms with Crippen LogP contribution in [0.5, 0.6) is 0 Å². The minimum absolute atomic E-state index is 0.312. The van der Waals surface area contributed by atoms with Crippen LogP contribution in [0.25, 0.3) is 0 Å². The SMILES string of the molecule is C=C(C)C(=O)OCC.C=C(C)C(=O)OCC.C=O. The summed E-state index contributed by atoms with van der Waals surface area (Å²) < 4.78 is 9.13. The molecule has 0 heterocycles. The first-order valence-corrected chi connectivity index (χ1v) is 5.30. The number of carbonyl (C=O) groups is 3. The molecule has 104 valence electrons. The third-order valence-corrected chi connectivity index (χ3v) is 1.25. The molecule has 0 saturated heterocycles. The van der Waals surface area contributed by atoms with Crippen molar-refractivity contribution in [2.75, 3.05) is 13.2 Å². The summed E-state index contributed by atoms with van der Waals surface area (Å²) in [6, 6.07) is 0. The van der Waals surface area contributed by atoms with Crippen LogP contribution >= 0.6 is 0 Å². The fourth-order valence-electron chi connectivity index (χ4n) is 0.509. The Hall–Kier alpha value is -1.91. The van der Waals surface area contributed by atoms with Crippen LogP contribution in [0.3, 0.4) is 0 Å². The van der Waals surface area contributed by atoms with E-state index in [1.165, 1.54) is 0 Å². The highest BCUT2D eigenvalue weighted by atomic mass is 16.5. The highest BCUT2D eigenvalue weighted by Gasteiger charge is 1.98. The third kappa shape index (κ3) is 16.5. The van der Waals surface area contributed by atoms with Crippen LogP contribution in [0.1, 0.15) is 27.7 Å². The molecule has 0 N–H and O–H groups in total. The first-order valence-electron chi connectivity index (χ1n) is 5.30. The van der Waals surface area contributed by atoms with Crippen molar-refractivity contribution in [1.82, 2.24) is 0 Å². The van der Waals surface area contributed by atoms with Gasteiger partial charge >= 0.3 is 11.9 Å². The van der Waals surface area contributed by atoms with Crippen molar-refractivity contribution < 1.29 is 23.9 Å². The summed E-state index contributed by atoms with van der Waals surface area (Å²) in [6.45, 7) is 16.4. The molecule has 0 aromatic heterocycles. The van der Waals surface area contributed by atoms with E-state index in [1.54, 1.807) is 27.7 Å². The molecule has 0 rings (SSSR count). The van der Waals surface area contributed by atoms with E-state index in [2.05, 4.69) is 22.6 Å². The second kappa shape index (κ2) is 15.1. The number of hydrogen-bond acceptors (Lipinski definition) is 5. The number of hydrogen-bond donors (Lipinski definition) is 0. The van der Waals surface area contributed by atoms with Gasteiger partial charge in [0, 0.05) is 11.1 Å². The Labute approximate surface area is 108 Å². The fraction of sp³-hybridized carbons (Fsp3) is 0.462. The van der Waals surface area contributed by atoms with Gasteiger partial charge in [0.1, 0.15) is 6.79 Å². The Balaban J connectivity index is -0.000000219. The fourth-order valence-corrected chi connectivity index (χ4v) is 0.509. The van der Waals surface area contributed by atoms with E-state index in [0.29, 0.717) is 24.4 Å².